The van der Waals surface area contributed by atoms with Crippen molar-refractivity contribution in [1.82, 2.24) is 15.4 Å². The highest BCUT2D eigenvalue weighted by atomic mass is 16.7. The molecule has 8 heteroatoms. The Kier molecular flexibility index (Phi) is 2.96. The molecule has 0 aromatic carbocycles. The van der Waals surface area contributed by atoms with Gasteiger partial charge in [-0.2, -0.15) is 5.06 Å². The fraction of sp³-hybridized carbons (Fsp3) is 0.333. The first-order valence-corrected chi connectivity index (χ1v) is 6.04. The number of imide groups is 1. The Morgan fingerprint density at radius 2 is 2.05 bits per heavy atom. The standard InChI is InChI=1S/C12H12N4O4/c13-7(17)5-16-9(6-1-3-14-4-2-6)8-10(20-16)12(19)15-11(8)18/h1-4,8-10H,5H2,(H2,13,17)(H,15,18,19). The Balaban J connectivity index is 1.98. The first-order chi connectivity index (χ1) is 9.58. The highest BCUT2D eigenvalue weighted by Crippen LogP contribution is 2.41. The summed E-state index contributed by atoms with van der Waals surface area (Å²) in [7, 11) is 0. The molecule has 0 radical (unpaired) electrons. The van der Waals surface area contributed by atoms with Crippen molar-refractivity contribution in [2.24, 2.45) is 11.7 Å². The summed E-state index contributed by atoms with van der Waals surface area (Å²) in [5.74, 6) is -2.19. The van der Waals surface area contributed by atoms with Gasteiger partial charge in [-0.05, 0) is 17.7 Å². The van der Waals surface area contributed by atoms with E-state index in [2.05, 4.69) is 10.3 Å². The minimum atomic E-state index is -0.917. The summed E-state index contributed by atoms with van der Waals surface area (Å²) in [6, 6.07) is 2.88. The molecule has 8 nitrogen and oxygen atoms in total. The van der Waals surface area contributed by atoms with Gasteiger partial charge in [-0.3, -0.25) is 29.5 Å². The molecule has 1 aromatic rings. The number of nitrogens with one attached hydrogen (secondary N) is 1. The van der Waals surface area contributed by atoms with Gasteiger partial charge in [0, 0.05) is 12.4 Å². The van der Waals surface area contributed by atoms with Crippen LogP contribution in [0.25, 0.3) is 0 Å². The van der Waals surface area contributed by atoms with E-state index in [1.54, 1.807) is 24.5 Å². The van der Waals surface area contributed by atoms with E-state index < -0.39 is 35.8 Å². The molecule has 0 saturated carbocycles. The smallest absolute Gasteiger partial charge is 0.258 e. The van der Waals surface area contributed by atoms with Crippen molar-refractivity contribution in [2.75, 3.05) is 6.54 Å². The number of hydrogen-bond acceptors (Lipinski definition) is 6. The van der Waals surface area contributed by atoms with E-state index in [1.165, 1.54) is 5.06 Å². The van der Waals surface area contributed by atoms with Crippen LogP contribution in [0.3, 0.4) is 0 Å². The Bertz CT molecular complexity index is 576. The van der Waals surface area contributed by atoms with Gasteiger partial charge in [-0.15, -0.1) is 0 Å². The third kappa shape index (κ3) is 1.95. The second-order valence-electron chi connectivity index (χ2n) is 4.67. The van der Waals surface area contributed by atoms with E-state index >= 15 is 0 Å². The van der Waals surface area contributed by atoms with Crippen LogP contribution in [0, 0.1) is 5.92 Å². The lowest BCUT2D eigenvalue weighted by molar-refractivity contribution is -0.176. The number of nitrogens with two attached hydrogens (primary N) is 1. The third-order valence-corrected chi connectivity index (χ3v) is 3.39. The first-order valence-electron chi connectivity index (χ1n) is 6.04. The number of primary amides is 1. The molecule has 3 amide bonds. The van der Waals surface area contributed by atoms with Crippen molar-refractivity contribution in [3.05, 3.63) is 30.1 Å². The Hall–Kier alpha value is -2.32. The molecule has 0 spiro atoms. The molecule has 3 unspecified atom stereocenters. The van der Waals surface area contributed by atoms with Crippen molar-refractivity contribution in [2.45, 2.75) is 12.1 Å². The van der Waals surface area contributed by atoms with Crippen LogP contribution in [-0.4, -0.2) is 40.4 Å². The fourth-order valence-corrected chi connectivity index (χ4v) is 2.61. The van der Waals surface area contributed by atoms with Crippen molar-refractivity contribution in [3.63, 3.8) is 0 Å². The number of hydrogen-bond donors (Lipinski definition) is 2. The number of carbonyl (C=O) groups excluding carboxylic acids is 3. The van der Waals surface area contributed by atoms with E-state index in [1.807, 2.05) is 0 Å². The molecular weight excluding hydrogens is 264 g/mol. The summed E-state index contributed by atoms with van der Waals surface area (Å²) in [6.45, 7) is -0.194. The summed E-state index contributed by atoms with van der Waals surface area (Å²) in [4.78, 5) is 44.0. The van der Waals surface area contributed by atoms with Crippen LogP contribution in [0.2, 0.25) is 0 Å². The maximum absolute atomic E-state index is 11.9. The maximum atomic E-state index is 11.9. The van der Waals surface area contributed by atoms with Gasteiger partial charge in [0.15, 0.2) is 6.10 Å². The number of aromatic nitrogens is 1. The molecule has 0 bridgehead atoms. The second kappa shape index (κ2) is 4.66. The first kappa shape index (κ1) is 12.7. The van der Waals surface area contributed by atoms with Crippen molar-refractivity contribution in [3.8, 4) is 0 Å². The molecule has 3 rings (SSSR count). The maximum Gasteiger partial charge on any atom is 0.258 e. The Labute approximate surface area is 113 Å². The van der Waals surface area contributed by atoms with Crippen LogP contribution in [0.15, 0.2) is 24.5 Å². The van der Waals surface area contributed by atoms with Gasteiger partial charge < -0.3 is 5.73 Å². The number of hydroxylamine groups is 2. The number of carbonyl (C=O) groups is 3. The molecule has 3 heterocycles. The lowest BCUT2D eigenvalue weighted by Crippen LogP contribution is -2.37. The largest absolute Gasteiger partial charge is 0.368 e. The number of fused-ring (bicyclic) bond motifs is 1. The van der Waals surface area contributed by atoms with Gasteiger partial charge in [0.25, 0.3) is 5.91 Å². The number of rotatable bonds is 3. The van der Waals surface area contributed by atoms with E-state index in [0.29, 0.717) is 0 Å². The van der Waals surface area contributed by atoms with Crippen LogP contribution in [0.1, 0.15) is 11.6 Å². The van der Waals surface area contributed by atoms with Gasteiger partial charge in [-0.1, -0.05) is 0 Å². The SMILES string of the molecule is NC(=O)CN1OC2C(=O)NC(=O)C2C1c1ccncc1. The molecule has 104 valence electrons. The summed E-state index contributed by atoms with van der Waals surface area (Å²) < 4.78 is 0. The van der Waals surface area contributed by atoms with Gasteiger partial charge >= 0.3 is 0 Å². The molecule has 20 heavy (non-hydrogen) atoms. The van der Waals surface area contributed by atoms with E-state index in [9.17, 15) is 14.4 Å². The van der Waals surface area contributed by atoms with E-state index in [-0.39, 0.29) is 6.54 Å². The fourth-order valence-electron chi connectivity index (χ4n) is 2.61. The molecule has 1 aromatic heterocycles. The third-order valence-electron chi connectivity index (χ3n) is 3.39. The van der Waals surface area contributed by atoms with Gasteiger partial charge in [-0.25, -0.2) is 0 Å². The number of pyridine rings is 1. The van der Waals surface area contributed by atoms with Crippen LogP contribution in [0.4, 0.5) is 0 Å². The van der Waals surface area contributed by atoms with Crippen LogP contribution in [-0.2, 0) is 19.2 Å². The average molecular weight is 276 g/mol. The Morgan fingerprint density at radius 3 is 2.70 bits per heavy atom. The van der Waals surface area contributed by atoms with E-state index in [0.717, 1.165) is 5.56 Å². The van der Waals surface area contributed by atoms with Crippen LogP contribution in [0.5, 0.6) is 0 Å². The topological polar surface area (TPSA) is 115 Å². The summed E-state index contributed by atoms with van der Waals surface area (Å²) >= 11 is 0. The molecule has 3 atom stereocenters. The molecule has 2 aliphatic rings. The molecule has 2 saturated heterocycles. The normalized spacial score (nSPS) is 29.3. The predicted molar refractivity (Wildman–Crippen MR) is 64.4 cm³/mol. The average Bonchev–Trinajstić information content (AvgIpc) is 2.89. The minimum absolute atomic E-state index is 0.194. The van der Waals surface area contributed by atoms with Crippen molar-refractivity contribution >= 4 is 17.7 Å². The molecule has 3 N–H and O–H groups in total. The van der Waals surface area contributed by atoms with Crippen LogP contribution >= 0.6 is 0 Å². The summed E-state index contributed by atoms with van der Waals surface area (Å²) in [5, 5.41) is 3.53. The van der Waals surface area contributed by atoms with Gasteiger partial charge in [0.2, 0.25) is 11.8 Å². The molecule has 2 fully saturated rings. The molecule has 0 aliphatic carbocycles. The van der Waals surface area contributed by atoms with Crippen LogP contribution < -0.4 is 11.1 Å². The highest BCUT2D eigenvalue weighted by Gasteiger charge is 2.56. The quantitative estimate of drug-likeness (QED) is 0.649. The summed E-state index contributed by atoms with van der Waals surface area (Å²) in [6.07, 6.45) is 2.22. The summed E-state index contributed by atoms with van der Waals surface area (Å²) in [5.41, 5.74) is 5.91. The zero-order chi connectivity index (χ0) is 14.3. The number of amides is 3. The molecule has 2 aliphatic heterocycles. The highest BCUT2D eigenvalue weighted by molar-refractivity contribution is 6.07. The van der Waals surface area contributed by atoms with Crippen molar-refractivity contribution in [1.29, 1.82) is 0 Å². The zero-order valence-electron chi connectivity index (χ0n) is 10.4. The minimum Gasteiger partial charge on any atom is -0.368 e. The van der Waals surface area contributed by atoms with Gasteiger partial charge in [0.1, 0.15) is 6.54 Å². The molecular formula is C12H12N4O4. The second-order valence-corrected chi connectivity index (χ2v) is 4.67. The lowest BCUT2D eigenvalue weighted by atomic mass is 9.91. The lowest BCUT2D eigenvalue weighted by Gasteiger charge is -2.23. The predicted octanol–water partition coefficient (Wildman–Crippen LogP) is -1.50. The monoisotopic (exact) mass is 276 g/mol. The van der Waals surface area contributed by atoms with Crippen molar-refractivity contribution < 1.29 is 19.2 Å². The Morgan fingerprint density at radius 1 is 1.35 bits per heavy atom. The number of nitrogens with zero attached hydrogens (tertiary/aromatic N) is 2. The zero-order valence-corrected chi connectivity index (χ0v) is 10.4. The van der Waals surface area contributed by atoms with E-state index in [4.69, 9.17) is 10.6 Å². The van der Waals surface area contributed by atoms with Gasteiger partial charge in [0.05, 0.1) is 12.0 Å².